The molecule has 31 heavy (non-hydrogen) atoms. The molecule has 0 spiro atoms. The van der Waals surface area contributed by atoms with Crippen molar-refractivity contribution in [3.63, 3.8) is 0 Å². The smallest absolute Gasteiger partial charge is 0.425 e. The highest BCUT2D eigenvalue weighted by Crippen LogP contribution is 2.41. The number of nitrogens with zero attached hydrogens (tertiary/aromatic N) is 3. The van der Waals surface area contributed by atoms with E-state index in [-0.39, 0.29) is 12.2 Å². The van der Waals surface area contributed by atoms with Crippen molar-refractivity contribution in [3.05, 3.63) is 80.3 Å². The summed E-state index contributed by atoms with van der Waals surface area (Å²) < 4.78 is 47.1. The van der Waals surface area contributed by atoms with E-state index in [4.69, 9.17) is 9.72 Å². The highest BCUT2D eigenvalue weighted by Gasteiger charge is 2.32. The molecule has 0 N–H and O–H groups in total. The monoisotopic (exact) mass is 445 g/mol. The summed E-state index contributed by atoms with van der Waals surface area (Å²) in [7, 11) is 0. The molecular weight excluding hydrogens is 427 g/mol. The zero-order chi connectivity index (χ0) is 21.8. The first kappa shape index (κ1) is 19.9. The summed E-state index contributed by atoms with van der Waals surface area (Å²) in [6.07, 6.45) is 1.46. The molecule has 5 nitrogen and oxygen atoms in total. The van der Waals surface area contributed by atoms with Gasteiger partial charge in [-0.2, -0.15) is 13.2 Å². The van der Waals surface area contributed by atoms with E-state index in [1.54, 1.807) is 12.3 Å². The van der Waals surface area contributed by atoms with Gasteiger partial charge in [-0.25, -0.2) is 4.98 Å². The lowest BCUT2D eigenvalue weighted by Crippen LogP contribution is -2.17. The average molecular weight is 445 g/mol. The number of hydrogen-bond acceptors (Lipinski definition) is 4. The SMILES string of the molecule is Cc1c(C2CC2)nc2ccc(-n3ccc(OCc4csc(C(F)(F)F)c4)cc3=O)cn12. The van der Waals surface area contributed by atoms with E-state index in [0.29, 0.717) is 34.3 Å². The van der Waals surface area contributed by atoms with Crippen molar-refractivity contribution in [2.45, 2.75) is 38.5 Å². The van der Waals surface area contributed by atoms with Crippen LogP contribution in [0.25, 0.3) is 11.3 Å². The normalized spacial score (nSPS) is 14.3. The fourth-order valence-electron chi connectivity index (χ4n) is 3.59. The summed E-state index contributed by atoms with van der Waals surface area (Å²) >= 11 is 0.625. The van der Waals surface area contributed by atoms with Gasteiger partial charge < -0.3 is 9.14 Å². The van der Waals surface area contributed by atoms with Gasteiger partial charge in [0.15, 0.2) is 0 Å². The van der Waals surface area contributed by atoms with E-state index >= 15 is 0 Å². The molecule has 5 rings (SSSR count). The molecule has 0 radical (unpaired) electrons. The predicted octanol–water partition coefficient (Wildman–Crippen LogP) is 5.33. The largest absolute Gasteiger partial charge is 0.489 e. The average Bonchev–Trinajstić information content (AvgIpc) is 3.35. The fourth-order valence-corrected chi connectivity index (χ4v) is 4.35. The number of imidazole rings is 1. The molecule has 160 valence electrons. The van der Waals surface area contributed by atoms with Crippen LogP contribution < -0.4 is 10.3 Å². The molecule has 4 aromatic rings. The summed E-state index contributed by atoms with van der Waals surface area (Å²) in [4.78, 5) is 16.7. The van der Waals surface area contributed by atoms with Crippen LogP contribution in [0.3, 0.4) is 0 Å². The van der Waals surface area contributed by atoms with Gasteiger partial charge in [0.25, 0.3) is 5.56 Å². The van der Waals surface area contributed by atoms with Gasteiger partial charge in [-0.3, -0.25) is 9.36 Å². The Balaban J connectivity index is 1.36. The Morgan fingerprint density at radius 2 is 2.03 bits per heavy atom. The number of alkyl halides is 3. The van der Waals surface area contributed by atoms with E-state index in [1.165, 1.54) is 28.9 Å². The summed E-state index contributed by atoms with van der Waals surface area (Å²) in [5.74, 6) is 0.842. The maximum atomic E-state index is 12.7. The molecule has 1 saturated carbocycles. The number of fused-ring (bicyclic) bond motifs is 1. The lowest BCUT2D eigenvalue weighted by atomic mass is 10.2. The Morgan fingerprint density at radius 3 is 2.71 bits per heavy atom. The molecule has 0 aromatic carbocycles. The lowest BCUT2D eigenvalue weighted by molar-refractivity contribution is -0.134. The van der Waals surface area contributed by atoms with Crippen LogP contribution in [-0.2, 0) is 12.8 Å². The Labute approximate surface area is 179 Å². The second-order valence-corrected chi connectivity index (χ2v) is 8.56. The molecule has 0 saturated heterocycles. The van der Waals surface area contributed by atoms with Gasteiger partial charge in [0.05, 0.1) is 11.4 Å². The van der Waals surface area contributed by atoms with Crippen LogP contribution in [0.1, 0.15) is 40.6 Å². The zero-order valence-corrected chi connectivity index (χ0v) is 17.3. The number of aryl methyl sites for hydroxylation is 1. The third-order valence-corrected chi connectivity index (χ3v) is 6.37. The standard InChI is InChI=1S/C22H18F3N3O2S/c1-13-21(15-2-3-15)26-19-5-4-16(10-28(13)19)27-7-6-17(9-20(27)29)30-11-14-8-18(31-12-14)22(23,24)25/h4-10,12,15H,2-3,11H2,1H3. The molecule has 1 aliphatic rings. The van der Waals surface area contributed by atoms with Crippen LogP contribution in [-0.4, -0.2) is 14.0 Å². The number of aromatic nitrogens is 3. The summed E-state index contributed by atoms with van der Waals surface area (Å²) in [5.41, 5.74) is 3.87. The first-order valence-electron chi connectivity index (χ1n) is 9.79. The summed E-state index contributed by atoms with van der Waals surface area (Å²) in [5, 5.41) is 1.41. The molecule has 1 fully saturated rings. The quantitative estimate of drug-likeness (QED) is 0.417. The minimum Gasteiger partial charge on any atom is -0.489 e. The number of rotatable bonds is 5. The number of halogens is 3. The van der Waals surface area contributed by atoms with Gasteiger partial charge >= 0.3 is 6.18 Å². The first-order chi connectivity index (χ1) is 14.8. The second kappa shape index (κ2) is 7.26. The molecule has 9 heteroatoms. The van der Waals surface area contributed by atoms with Crippen LogP contribution >= 0.6 is 11.3 Å². The maximum absolute atomic E-state index is 12.7. The van der Waals surface area contributed by atoms with E-state index in [1.807, 2.05) is 29.7 Å². The minimum absolute atomic E-state index is 0.0415. The molecular formula is C22H18F3N3O2S. The van der Waals surface area contributed by atoms with Gasteiger partial charge in [0, 0.05) is 35.6 Å². The van der Waals surface area contributed by atoms with E-state index in [0.717, 1.165) is 23.1 Å². The van der Waals surface area contributed by atoms with Crippen molar-refractivity contribution >= 4 is 17.0 Å². The van der Waals surface area contributed by atoms with Crippen LogP contribution in [0.5, 0.6) is 5.75 Å². The van der Waals surface area contributed by atoms with E-state index < -0.39 is 11.1 Å². The summed E-state index contributed by atoms with van der Waals surface area (Å²) in [6, 6.07) is 7.74. The Hall–Kier alpha value is -3.07. The molecule has 4 heterocycles. The molecule has 0 amide bonds. The van der Waals surface area contributed by atoms with Crippen LogP contribution in [0, 0.1) is 6.92 Å². The minimum atomic E-state index is -4.36. The van der Waals surface area contributed by atoms with Gasteiger partial charge in [-0.1, -0.05) is 0 Å². The third-order valence-electron chi connectivity index (χ3n) is 5.35. The van der Waals surface area contributed by atoms with E-state index in [9.17, 15) is 18.0 Å². The predicted molar refractivity (Wildman–Crippen MR) is 111 cm³/mol. The molecule has 0 atom stereocenters. The second-order valence-electron chi connectivity index (χ2n) is 7.65. The van der Waals surface area contributed by atoms with Gasteiger partial charge in [-0.15, -0.1) is 11.3 Å². The van der Waals surface area contributed by atoms with E-state index in [2.05, 4.69) is 0 Å². The van der Waals surface area contributed by atoms with Gasteiger partial charge in [0.2, 0.25) is 0 Å². The Kier molecular flexibility index (Phi) is 4.65. The van der Waals surface area contributed by atoms with Crippen molar-refractivity contribution < 1.29 is 17.9 Å². The molecule has 1 aliphatic carbocycles. The number of pyridine rings is 2. The number of thiophene rings is 1. The van der Waals surface area contributed by atoms with Crippen molar-refractivity contribution in [1.29, 1.82) is 0 Å². The van der Waals surface area contributed by atoms with Crippen molar-refractivity contribution in [3.8, 4) is 11.4 Å². The summed E-state index contributed by atoms with van der Waals surface area (Å²) in [6.45, 7) is 1.99. The molecule has 0 unspecified atom stereocenters. The highest BCUT2D eigenvalue weighted by molar-refractivity contribution is 7.10. The van der Waals surface area contributed by atoms with Gasteiger partial charge in [0.1, 0.15) is 22.9 Å². The number of ether oxygens (including phenoxy) is 1. The highest BCUT2D eigenvalue weighted by atomic mass is 32.1. The lowest BCUT2D eigenvalue weighted by Gasteiger charge is -2.09. The first-order valence-corrected chi connectivity index (χ1v) is 10.7. The van der Waals surface area contributed by atoms with Crippen LogP contribution in [0.2, 0.25) is 0 Å². The molecule has 0 bridgehead atoms. The Bertz CT molecular complexity index is 1330. The van der Waals surface area contributed by atoms with Crippen molar-refractivity contribution in [2.24, 2.45) is 0 Å². The van der Waals surface area contributed by atoms with Crippen molar-refractivity contribution in [2.75, 3.05) is 0 Å². The fraction of sp³-hybridized carbons (Fsp3) is 0.273. The van der Waals surface area contributed by atoms with Gasteiger partial charge in [-0.05, 0) is 49.4 Å². The third kappa shape index (κ3) is 3.85. The van der Waals surface area contributed by atoms with Crippen molar-refractivity contribution in [1.82, 2.24) is 14.0 Å². The zero-order valence-electron chi connectivity index (χ0n) is 16.5. The van der Waals surface area contributed by atoms with Crippen LogP contribution in [0.15, 0.2) is 52.9 Å². The number of hydrogen-bond donors (Lipinski definition) is 0. The molecule has 4 aromatic heterocycles. The Morgan fingerprint density at radius 1 is 1.23 bits per heavy atom. The maximum Gasteiger partial charge on any atom is 0.425 e. The topological polar surface area (TPSA) is 48.5 Å². The molecule has 0 aliphatic heterocycles. The van der Waals surface area contributed by atoms with Crippen LogP contribution in [0.4, 0.5) is 13.2 Å².